The second kappa shape index (κ2) is 10.1. The van der Waals surface area contributed by atoms with Crippen LogP contribution in [0.3, 0.4) is 0 Å². The van der Waals surface area contributed by atoms with Gasteiger partial charge in [-0.1, -0.05) is 39.7 Å². The fourth-order valence-electron chi connectivity index (χ4n) is 3.20. The largest absolute Gasteiger partial charge is 0.421 e. The van der Waals surface area contributed by atoms with Gasteiger partial charge in [0.1, 0.15) is 11.4 Å². The second-order valence-corrected chi connectivity index (χ2v) is 9.32. The molecule has 1 fully saturated rings. The van der Waals surface area contributed by atoms with Crippen molar-refractivity contribution in [3.05, 3.63) is 97.1 Å². The first-order valence-electron chi connectivity index (χ1n) is 9.78. The van der Waals surface area contributed by atoms with E-state index in [0.717, 1.165) is 12.1 Å². The molecule has 4 amide bonds. The van der Waals surface area contributed by atoms with Crippen LogP contribution in [-0.2, 0) is 9.59 Å². The summed E-state index contributed by atoms with van der Waals surface area (Å²) in [6, 6.07) is 13.2. The van der Waals surface area contributed by atoms with E-state index in [1.54, 1.807) is 6.07 Å². The Labute approximate surface area is 219 Å². The number of hydrogen-bond donors (Lipinski definition) is 1. The van der Waals surface area contributed by atoms with Gasteiger partial charge in [-0.2, -0.15) is 0 Å². The van der Waals surface area contributed by atoms with Crippen LogP contribution in [-0.4, -0.2) is 23.8 Å². The molecule has 35 heavy (non-hydrogen) atoms. The number of nitrogens with one attached hydrogen (secondary N) is 1. The van der Waals surface area contributed by atoms with E-state index in [9.17, 15) is 23.6 Å². The predicted octanol–water partition coefficient (Wildman–Crippen LogP) is 5.89. The molecule has 0 radical (unpaired) electrons. The van der Waals surface area contributed by atoms with E-state index in [-0.39, 0.29) is 22.6 Å². The Balaban J connectivity index is 1.76. The highest BCUT2D eigenvalue weighted by atomic mass is 79.9. The Morgan fingerprint density at radius 3 is 2.40 bits per heavy atom. The average Bonchev–Trinajstić information content (AvgIpc) is 2.80. The van der Waals surface area contributed by atoms with Crippen molar-refractivity contribution in [1.29, 1.82) is 0 Å². The summed E-state index contributed by atoms with van der Waals surface area (Å²) in [4.78, 5) is 51.2. The molecule has 176 valence electrons. The Hall–Kier alpha value is -3.34. The number of anilines is 1. The molecule has 1 saturated heterocycles. The lowest BCUT2D eigenvalue weighted by atomic mass is 10.1. The van der Waals surface area contributed by atoms with Crippen molar-refractivity contribution < 1.29 is 28.3 Å². The summed E-state index contributed by atoms with van der Waals surface area (Å²) in [5, 5.41) is 2.46. The Morgan fingerprint density at radius 1 is 1.03 bits per heavy atom. The first-order chi connectivity index (χ1) is 16.7. The molecule has 1 aliphatic rings. The van der Waals surface area contributed by atoms with Gasteiger partial charge < -0.3 is 4.74 Å². The summed E-state index contributed by atoms with van der Waals surface area (Å²) in [6.07, 6.45) is 1.15. The number of carbonyl (C=O) groups is 4. The summed E-state index contributed by atoms with van der Waals surface area (Å²) >= 11 is 12.5. The summed E-state index contributed by atoms with van der Waals surface area (Å²) in [7, 11) is 0. The van der Waals surface area contributed by atoms with Gasteiger partial charge in [0.2, 0.25) is 0 Å². The van der Waals surface area contributed by atoms with E-state index in [2.05, 4.69) is 31.9 Å². The van der Waals surface area contributed by atoms with Gasteiger partial charge in [-0.25, -0.2) is 18.9 Å². The number of para-hydroxylation sites is 1. The van der Waals surface area contributed by atoms with E-state index < -0.39 is 35.2 Å². The quantitative estimate of drug-likeness (QED) is 0.170. The van der Waals surface area contributed by atoms with Crippen molar-refractivity contribution in [2.24, 2.45) is 0 Å². The van der Waals surface area contributed by atoms with Crippen LogP contribution in [0.15, 0.2) is 75.2 Å². The number of hydrogen-bond acceptors (Lipinski definition) is 5. The predicted molar refractivity (Wildman–Crippen MR) is 134 cm³/mol. The van der Waals surface area contributed by atoms with Crippen molar-refractivity contribution in [1.82, 2.24) is 5.32 Å². The molecule has 1 heterocycles. The zero-order chi connectivity index (χ0) is 25.3. The van der Waals surface area contributed by atoms with Crippen molar-refractivity contribution in [3.8, 4) is 5.75 Å². The first-order valence-corrected chi connectivity index (χ1v) is 11.7. The highest BCUT2D eigenvalue weighted by molar-refractivity contribution is 9.11. The molecule has 7 nitrogen and oxygen atoms in total. The molecule has 0 saturated carbocycles. The maximum Gasteiger partial charge on any atom is 0.343 e. The van der Waals surface area contributed by atoms with E-state index in [1.807, 2.05) is 5.32 Å². The fourth-order valence-corrected chi connectivity index (χ4v) is 4.66. The second-order valence-electron chi connectivity index (χ2n) is 7.11. The van der Waals surface area contributed by atoms with Gasteiger partial charge >= 0.3 is 12.0 Å². The third-order valence-electron chi connectivity index (χ3n) is 4.81. The molecule has 11 heteroatoms. The molecule has 1 N–H and O–H groups in total. The number of rotatable bonds is 4. The molecule has 0 unspecified atom stereocenters. The normalized spacial score (nSPS) is 14.8. The minimum atomic E-state index is -1.09. The molecule has 0 atom stereocenters. The number of halogens is 4. The first kappa shape index (κ1) is 24.8. The number of urea groups is 1. The topological polar surface area (TPSA) is 92.8 Å². The van der Waals surface area contributed by atoms with Crippen molar-refractivity contribution in [2.75, 3.05) is 4.90 Å². The molecule has 1 aliphatic heterocycles. The molecular weight excluding hydrogens is 611 g/mol. The van der Waals surface area contributed by atoms with Crippen LogP contribution in [0.25, 0.3) is 6.08 Å². The number of nitrogens with zero attached hydrogens (tertiary/aromatic N) is 1. The number of amides is 4. The standard InChI is InChI=1S/C24H12Br2ClFN2O5/c25-14-9-13(20(17(26)11-14)35-23(33)12-5-7-15(27)8-6-12)10-16-21(31)29-24(34)30(22(16)32)19-4-2-1-3-18(19)28/h1-11H,(H,29,31,34)/b16-10-. The SMILES string of the molecule is O=C1NC(=O)N(c2ccccc2F)C(=O)/C1=C\c1cc(Br)cc(Br)c1OC(=O)c1ccc(Cl)cc1. The van der Waals surface area contributed by atoms with Gasteiger partial charge in [0.15, 0.2) is 5.75 Å². The van der Waals surface area contributed by atoms with E-state index in [4.69, 9.17) is 16.3 Å². The monoisotopic (exact) mass is 620 g/mol. The minimum Gasteiger partial charge on any atom is -0.421 e. The molecule has 0 spiro atoms. The maximum atomic E-state index is 14.3. The van der Waals surface area contributed by atoms with Crippen LogP contribution in [0.4, 0.5) is 14.9 Å². The molecule has 3 aromatic carbocycles. The smallest absolute Gasteiger partial charge is 0.343 e. The number of esters is 1. The average molecular weight is 623 g/mol. The Morgan fingerprint density at radius 2 is 1.71 bits per heavy atom. The minimum absolute atomic E-state index is 0.00981. The maximum absolute atomic E-state index is 14.3. The van der Waals surface area contributed by atoms with Crippen molar-refractivity contribution in [2.45, 2.75) is 0 Å². The van der Waals surface area contributed by atoms with Crippen LogP contribution in [0.2, 0.25) is 5.02 Å². The lowest BCUT2D eigenvalue weighted by molar-refractivity contribution is -0.122. The van der Waals surface area contributed by atoms with Crippen molar-refractivity contribution >= 4 is 79.0 Å². The zero-order valence-electron chi connectivity index (χ0n) is 17.4. The lowest BCUT2D eigenvalue weighted by Gasteiger charge is -2.26. The third-order valence-corrected chi connectivity index (χ3v) is 6.11. The lowest BCUT2D eigenvalue weighted by Crippen LogP contribution is -2.54. The van der Waals surface area contributed by atoms with Crippen LogP contribution in [0, 0.1) is 5.82 Å². The molecule has 4 rings (SSSR count). The molecule has 0 bridgehead atoms. The van der Waals surface area contributed by atoms with Crippen LogP contribution in [0.5, 0.6) is 5.75 Å². The summed E-state index contributed by atoms with van der Waals surface area (Å²) < 4.78 is 20.7. The van der Waals surface area contributed by atoms with Gasteiger partial charge in [0.25, 0.3) is 11.8 Å². The summed E-state index contributed by atoms with van der Waals surface area (Å²) in [5.74, 6) is -3.57. The molecule has 3 aromatic rings. The van der Waals surface area contributed by atoms with E-state index in [0.29, 0.717) is 18.9 Å². The molecule has 0 aliphatic carbocycles. The highest BCUT2D eigenvalue weighted by Gasteiger charge is 2.38. The number of barbiturate groups is 1. The summed E-state index contributed by atoms with van der Waals surface area (Å²) in [5.41, 5.74) is -0.416. The highest BCUT2D eigenvalue weighted by Crippen LogP contribution is 2.36. The Bertz CT molecular complexity index is 1430. The number of benzene rings is 3. The van der Waals surface area contributed by atoms with E-state index in [1.165, 1.54) is 48.5 Å². The van der Waals surface area contributed by atoms with Gasteiger partial charge in [-0.15, -0.1) is 0 Å². The zero-order valence-corrected chi connectivity index (χ0v) is 21.3. The number of carbonyl (C=O) groups excluding carboxylic acids is 4. The van der Waals surface area contributed by atoms with Crippen LogP contribution < -0.4 is 15.0 Å². The number of ether oxygens (including phenoxy) is 1. The number of imide groups is 2. The van der Waals surface area contributed by atoms with Gasteiger partial charge in [0, 0.05) is 15.1 Å². The van der Waals surface area contributed by atoms with E-state index >= 15 is 0 Å². The van der Waals surface area contributed by atoms with Crippen LogP contribution >= 0.6 is 43.5 Å². The van der Waals surface area contributed by atoms with Gasteiger partial charge in [0.05, 0.1) is 15.7 Å². The van der Waals surface area contributed by atoms with Gasteiger partial charge in [-0.05, 0) is 70.5 Å². The molecule has 0 aromatic heterocycles. The molecular formula is C24H12Br2ClFN2O5. The summed E-state index contributed by atoms with van der Waals surface area (Å²) in [6.45, 7) is 0. The van der Waals surface area contributed by atoms with Crippen LogP contribution in [0.1, 0.15) is 15.9 Å². The third kappa shape index (κ3) is 5.19. The van der Waals surface area contributed by atoms with Gasteiger partial charge in [-0.3, -0.25) is 14.9 Å². The Kier molecular flexibility index (Phi) is 7.15. The van der Waals surface area contributed by atoms with Crippen molar-refractivity contribution in [3.63, 3.8) is 0 Å². The fraction of sp³-hybridized carbons (Fsp3) is 0.